The zero-order valence-corrected chi connectivity index (χ0v) is 11.6. The van der Waals surface area contributed by atoms with Crippen LogP contribution in [-0.2, 0) is 0 Å². The first-order chi connectivity index (χ1) is 8.72. The summed E-state index contributed by atoms with van der Waals surface area (Å²) in [6.07, 6.45) is 0.892. The van der Waals surface area contributed by atoms with Gasteiger partial charge in [-0.05, 0) is 41.1 Å². The molecule has 0 amide bonds. The first kappa shape index (κ1) is 13.1. The van der Waals surface area contributed by atoms with Gasteiger partial charge in [0, 0.05) is 16.2 Å². The van der Waals surface area contributed by atoms with E-state index in [9.17, 15) is 5.11 Å². The molecule has 1 atom stereocenters. The highest BCUT2D eigenvalue weighted by Gasteiger charge is 2.16. The Bertz CT molecular complexity index is 513. The van der Waals surface area contributed by atoms with Gasteiger partial charge < -0.3 is 9.84 Å². The molecule has 0 radical (unpaired) electrons. The van der Waals surface area contributed by atoms with Gasteiger partial charge in [-0.3, -0.25) is 4.98 Å². The second-order valence-electron chi connectivity index (χ2n) is 3.77. The van der Waals surface area contributed by atoms with E-state index >= 15 is 0 Å². The lowest BCUT2D eigenvalue weighted by atomic mass is 10.1. The fourth-order valence-electron chi connectivity index (χ4n) is 1.70. The second-order valence-corrected chi connectivity index (χ2v) is 4.69. The van der Waals surface area contributed by atoms with Gasteiger partial charge in [0.05, 0.1) is 12.3 Å². The van der Waals surface area contributed by atoms with Crippen molar-refractivity contribution < 1.29 is 9.84 Å². The molecule has 1 heterocycles. The van der Waals surface area contributed by atoms with E-state index in [4.69, 9.17) is 4.74 Å². The number of aliphatic hydroxyl groups excluding tert-OH is 1. The van der Waals surface area contributed by atoms with E-state index in [-0.39, 0.29) is 0 Å². The van der Waals surface area contributed by atoms with Crippen LogP contribution in [0, 0.1) is 0 Å². The Morgan fingerprint density at radius 2 is 2.06 bits per heavy atom. The normalized spacial score (nSPS) is 12.2. The van der Waals surface area contributed by atoms with Gasteiger partial charge in [0.2, 0.25) is 0 Å². The van der Waals surface area contributed by atoms with E-state index in [1.54, 1.807) is 12.3 Å². The Kier molecular flexibility index (Phi) is 4.33. The van der Waals surface area contributed by atoms with Crippen molar-refractivity contribution in [2.75, 3.05) is 6.61 Å². The van der Waals surface area contributed by atoms with Crippen LogP contribution in [0.1, 0.15) is 24.3 Å². The number of hydrogen-bond acceptors (Lipinski definition) is 3. The van der Waals surface area contributed by atoms with Crippen LogP contribution in [-0.4, -0.2) is 16.7 Å². The molecule has 0 aliphatic carbocycles. The highest BCUT2D eigenvalue weighted by molar-refractivity contribution is 9.10. The largest absolute Gasteiger partial charge is 0.493 e. The summed E-state index contributed by atoms with van der Waals surface area (Å²) in [6, 6.07) is 11.1. The van der Waals surface area contributed by atoms with Crippen molar-refractivity contribution in [3.63, 3.8) is 0 Å². The number of nitrogens with zero attached hydrogens (tertiary/aromatic N) is 1. The lowest BCUT2D eigenvalue weighted by molar-refractivity contribution is 0.207. The molecule has 1 N–H and O–H groups in total. The Morgan fingerprint density at radius 1 is 1.28 bits per heavy atom. The van der Waals surface area contributed by atoms with Gasteiger partial charge in [0.1, 0.15) is 11.9 Å². The van der Waals surface area contributed by atoms with Crippen LogP contribution < -0.4 is 4.74 Å². The van der Waals surface area contributed by atoms with Crippen molar-refractivity contribution >= 4 is 15.9 Å². The lowest BCUT2D eigenvalue weighted by Gasteiger charge is -2.15. The zero-order chi connectivity index (χ0) is 13.0. The summed E-state index contributed by atoms with van der Waals surface area (Å²) in [7, 11) is 0. The monoisotopic (exact) mass is 307 g/mol. The summed E-state index contributed by atoms with van der Waals surface area (Å²) >= 11 is 3.32. The Labute approximate surface area is 115 Å². The van der Waals surface area contributed by atoms with Crippen LogP contribution >= 0.6 is 15.9 Å². The molecule has 0 aliphatic heterocycles. The first-order valence-electron chi connectivity index (χ1n) is 5.73. The van der Waals surface area contributed by atoms with E-state index < -0.39 is 6.10 Å². The van der Waals surface area contributed by atoms with Crippen LogP contribution in [0.3, 0.4) is 0 Å². The molecule has 0 aliphatic rings. The molecule has 0 saturated heterocycles. The van der Waals surface area contributed by atoms with Gasteiger partial charge in [-0.15, -0.1) is 0 Å². The summed E-state index contributed by atoms with van der Waals surface area (Å²) in [5, 5.41) is 10.3. The Hall–Kier alpha value is -1.39. The van der Waals surface area contributed by atoms with Gasteiger partial charge in [-0.2, -0.15) is 0 Å². The number of halogens is 1. The topological polar surface area (TPSA) is 42.4 Å². The van der Waals surface area contributed by atoms with Crippen molar-refractivity contribution in [2.45, 2.75) is 13.0 Å². The minimum atomic E-state index is -0.777. The molecule has 2 rings (SSSR count). The lowest BCUT2D eigenvalue weighted by Crippen LogP contribution is -2.05. The smallest absolute Gasteiger partial charge is 0.125 e. The van der Waals surface area contributed by atoms with Crippen LogP contribution in [0.5, 0.6) is 5.75 Å². The predicted octanol–water partition coefficient (Wildman–Crippen LogP) is 3.32. The molecule has 0 bridgehead atoms. The number of aromatic nitrogens is 1. The third kappa shape index (κ3) is 2.89. The first-order valence-corrected chi connectivity index (χ1v) is 6.53. The molecule has 3 nitrogen and oxygen atoms in total. The summed E-state index contributed by atoms with van der Waals surface area (Å²) < 4.78 is 6.39. The molecule has 1 aromatic heterocycles. The van der Waals surface area contributed by atoms with Crippen molar-refractivity contribution in [1.82, 2.24) is 4.98 Å². The van der Waals surface area contributed by atoms with Crippen LogP contribution in [0.25, 0.3) is 0 Å². The highest BCUT2D eigenvalue weighted by atomic mass is 79.9. The highest BCUT2D eigenvalue weighted by Crippen LogP contribution is 2.29. The molecule has 0 fully saturated rings. The number of aliphatic hydroxyl groups is 1. The summed E-state index contributed by atoms with van der Waals surface area (Å²) in [4.78, 5) is 4.20. The molecule has 1 aromatic carbocycles. The van der Waals surface area contributed by atoms with Gasteiger partial charge in [0.15, 0.2) is 0 Å². The van der Waals surface area contributed by atoms with Gasteiger partial charge >= 0.3 is 0 Å². The van der Waals surface area contributed by atoms with E-state index in [1.807, 2.05) is 37.3 Å². The van der Waals surface area contributed by atoms with Crippen LogP contribution in [0.2, 0.25) is 0 Å². The SMILES string of the molecule is CCOc1ccccc1C(O)c1ccc(Br)cn1. The number of pyridine rings is 1. The average Bonchev–Trinajstić information content (AvgIpc) is 2.40. The number of para-hydroxylation sites is 1. The molecule has 4 heteroatoms. The maximum atomic E-state index is 10.3. The van der Waals surface area contributed by atoms with Gasteiger partial charge in [-0.25, -0.2) is 0 Å². The zero-order valence-electron chi connectivity index (χ0n) is 10.0. The summed E-state index contributed by atoms with van der Waals surface area (Å²) in [6.45, 7) is 2.48. The standard InChI is InChI=1S/C14H14BrNO2/c1-2-18-13-6-4-3-5-11(13)14(17)12-8-7-10(15)9-16-12/h3-9,14,17H,2H2,1H3. The van der Waals surface area contributed by atoms with Crippen molar-refractivity contribution in [3.05, 3.63) is 58.3 Å². The predicted molar refractivity (Wildman–Crippen MR) is 73.6 cm³/mol. The second kappa shape index (κ2) is 5.98. The van der Waals surface area contributed by atoms with Gasteiger partial charge in [0.25, 0.3) is 0 Å². The molecular weight excluding hydrogens is 294 g/mol. The van der Waals surface area contributed by atoms with Crippen molar-refractivity contribution in [2.24, 2.45) is 0 Å². The maximum Gasteiger partial charge on any atom is 0.125 e. The van der Waals surface area contributed by atoms with E-state index in [2.05, 4.69) is 20.9 Å². The molecule has 2 aromatic rings. The molecule has 94 valence electrons. The molecule has 1 unspecified atom stereocenters. The number of hydrogen-bond donors (Lipinski definition) is 1. The minimum absolute atomic E-state index is 0.567. The number of rotatable bonds is 4. The third-order valence-corrected chi connectivity index (χ3v) is 3.01. The Morgan fingerprint density at radius 3 is 2.72 bits per heavy atom. The van der Waals surface area contributed by atoms with E-state index in [0.717, 1.165) is 10.0 Å². The quantitative estimate of drug-likeness (QED) is 0.942. The van der Waals surface area contributed by atoms with Gasteiger partial charge in [-0.1, -0.05) is 18.2 Å². The fourth-order valence-corrected chi connectivity index (χ4v) is 1.94. The maximum absolute atomic E-state index is 10.3. The molecule has 18 heavy (non-hydrogen) atoms. The van der Waals surface area contributed by atoms with Crippen LogP contribution in [0.4, 0.5) is 0 Å². The number of benzene rings is 1. The number of ether oxygens (including phenoxy) is 1. The molecule has 0 saturated carbocycles. The summed E-state index contributed by atoms with van der Waals surface area (Å²) in [5.41, 5.74) is 1.33. The fraction of sp³-hybridized carbons (Fsp3) is 0.214. The van der Waals surface area contributed by atoms with Crippen molar-refractivity contribution in [1.29, 1.82) is 0 Å². The molecule has 0 spiro atoms. The molecular formula is C14H14BrNO2. The minimum Gasteiger partial charge on any atom is -0.493 e. The average molecular weight is 308 g/mol. The van der Waals surface area contributed by atoms with E-state index in [0.29, 0.717) is 18.1 Å². The third-order valence-electron chi connectivity index (χ3n) is 2.54. The Balaban J connectivity index is 2.33. The van der Waals surface area contributed by atoms with E-state index in [1.165, 1.54) is 0 Å². The van der Waals surface area contributed by atoms with Crippen molar-refractivity contribution in [3.8, 4) is 5.75 Å². The van der Waals surface area contributed by atoms with Crippen LogP contribution in [0.15, 0.2) is 47.1 Å². The summed E-state index contributed by atoms with van der Waals surface area (Å²) in [5.74, 6) is 0.692.